The highest BCUT2D eigenvalue weighted by atomic mass is 28.3. The van der Waals surface area contributed by atoms with Crippen LogP contribution >= 0.6 is 0 Å². The predicted molar refractivity (Wildman–Crippen MR) is 188 cm³/mol. The van der Waals surface area contributed by atoms with Crippen molar-refractivity contribution >= 4 is 40.0 Å². The van der Waals surface area contributed by atoms with Gasteiger partial charge >= 0.3 is 0 Å². The van der Waals surface area contributed by atoms with E-state index in [4.69, 9.17) is 0 Å². The molecule has 2 nitrogen and oxygen atoms in total. The standard InChI is InChI=1S/C42H32N2Si/c1-41(2)33-17-29-30-18-34-32(40-28-14-10-8-12-26(28)24(22-44)16-36(40)42(34,3)4)20-38(30)45(5,6)37(29)19-31(33)39-27-13-9-7-11-25(27)23(21-43)15-35(39)41/h7-20H,1-6H3. The van der Waals surface area contributed by atoms with E-state index in [2.05, 4.69) is 126 Å². The summed E-state index contributed by atoms with van der Waals surface area (Å²) in [5.41, 5.74) is 14.3. The van der Waals surface area contributed by atoms with Crippen LogP contribution in [-0.4, -0.2) is 8.07 Å². The molecule has 0 spiro atoms. The maximum absolute atomic E-state index is 10.1. The summed E-state index contributed by atoms with van der Waals surface area (Å²) < 4.78 is 0. The van der Waals surface area contributed by atoms with Crippen LogP contribution in [0.25, 0.3) is 54.9 Å². The van der Waals surface area contributed by atoms with Crippen molar-refractivity contribution in [1.29, 1.82) is 10.5 Å². The first kappa shape index (κ1) is 26.4. The Hall–Kier alpha value is -4.96. The van der Waals surface area contributed by atoms with Crippen molar-refractivity contribution in [2.24, 2.45) is 0 Å². The molecular weight excluding hydrogens is 561 g/mol. The van der Waals surface area contributed by atoms with E-state index in [-0.39, 0.29) is 10.8 Å². The Bertz CT molecular complexity index is 2310. The quantitative estimate of drug-likeness (QED) is 0.165. The SMILES string of the molecule is CC1(C)c2cc3c(cc2-c2c1cc(C#N)c1ccccc21)[Si](C)(C)c1cc2c(cc1-3)C(C)(C)c1cc(C#N)c3ccccc3c1-2. The van der Waals surface area contributed by atoms with Crippen LogP contribution in [0.3, 0.4) is 0 Å². The molecule has 1 aliphatic heterocycles. The third kappa shape index (κ3) is 3.03. The third-order valence-electron chi connectivity index (χ3n) is 11.5. The molecular formula is C42H32N2Si. The summed E-state index contributed by atoms with van der Waals surface area (Å²) in [4.78, 5) is 0. The minimum absolute atomic E-state index is 0.220. The summed E-state index contributed by atoms with van der Waals surface area (Å²) in [7, 11) is -2.08. The molecule has 0 unspecified atom stereocenters. The van der Waals surface area contributed by atoms with Crippen LogP contribution in [0, 0.1) is 22.7 Å². The van der Waals surface area contributed by atoms with Gasteiger partial charge in [-0.25, -0.2) is 0 Å². The highest BCUT2D eigenvalue weighted by molar-refractivity contribution is 7.04. The van der Waals surface area contributed by atoms with Gasteiger partial charge in [-0.3, -0.25) is 0 Å². The average Bonchev–Trinajstić information content (AvgIpc) is 3.51. The van der Waals surface area contributed by atoms with Gasteiger partial charge in [-0.2, -0.15) is 10.5 Å². The minimum Gasteiger partial charge on any atom is -0.192 e. The highest BCUT2D eigenvalue weighted by Gasteiger charge is 2.46. The fourth-order valence-corrected chi connectivity index (χ4v) is 12.1. The van der Waals surface area contributed by atoms with Crippen LogP contribution in [0.5, 0.6) is 0 Å². The second-order valence-electron chi connectivity index (χ2n) is 14.8. The molecule has 6 aromatic carbocycles. The smallest absolute Gasteiger partial charge is 0.113 e. The molecule has 1 heterocycles. The summed E-state index contributed by atoms with van der Waals surface area (Å²) >= 11 is 0. The lowest BCUT2D eigenvalue weighted by Gasteiger charge is -2.23. The second-order valence-corrected chi connectivity index (χ2v) is 19.1. The molecule has 0 aromatic heterocycles. The molecule has 0 atom stereocenters. The highest BCUT2D eigenvalue weighted by Crippen LogP contribution is 2.55. The number of fused-ring (bicyclic) bond motifs is 13. The van der Waals surface area contributed by atoms with E-state index in [1.54, 1.807) is 0 Å². The van der Waals surface area contributed by atoms with Crippen LogP contribution in [0.4, 0.5) is 0 Å². The summed E-state index contributed by atoms with van der Waals surface area (Å²) in [6.07, 6.45) is 0. The van der Waals surface area contributed by atoms with Crippen molar-refractivity contribution < 1.29 is 0 Å². The molecule has 9 rings (SSSR count). The zero-order chi connectivity index (χ0) is 31.2. The molecule has 3 aliphatic rings. The summed E-state index contributed by atoms with van der Waals surface area (Å²) in [5.74, 6) is 0. The second kappa shape index (κ2) is 8.19. The zero-order valence-corrected chi connectivity index (χ0v) is 27.5. The van der Waals surface area contributed by atoms with Gasteiger partial charge in [0.05, 0.1) is 23.3 Å². The van der Waals surface area contributed by atoms with Gasteiger partial charge in [-0.05, 0) is 101 Å². The average molecular weight is 593 g/mol. The van der Waals surface area contributed by atoms with Gasteiger partial charge in [0.2, 0.25) is 0 Å². The molecule has 0 fully saturated rings. The van der Waals surface area contributed by atoms with E-state index in [0.717, 1.165) is 21.9 Å². The lowest BCUT2D eigenvalue weighted by molar-refractivity contribution is 0.660. The van der Waals surface area contributed by atoms with Crippen LogP contribution < -0.4 is 10.4 Å². The van der Waals surface area contributed by atoms with E-state index >= 15 is 0 Å². The van der Waals surface area contributed by atoms with Crippen molar-refractivity contribution in [2.45, 2.75) is 51.6 Å². The first-order chi connectivity index (χ1) is 21.5. The number of nitriles is 2. The Morgan fingerprint density at radius 2 is 0.867 bits per heavy atom. The van der Waals surface area contributed by atoms with E-state index in [9.17, 15) is 10.5 Å². The Morgan fingerprint density at radius 1 is 0.489 bits per heavy atom. The largest absolute Gasteiger partial charge is 0.192 e. The fraction of sp³-hybridized carbons (Fsp3) is 0.190. The molecule has 0 bridgehead atoms. The van der Waals surface area contributed by atoms with Gasteiger partial charge in [0.1, 0.15) is 8.07 Å². The van der Waals surface area contributed by atoms with E-state index < -0.39 is 8.07 Å². The van der Waals surface area contributed by atoms with Crippen LogP contribution in [0.2, 0.25) is 13.1 Å². The molecule has 0 amide bonds. The van der Waals surface area contributed by atoms with Crippen molar-refractivity contribution in [1.82, 2.24) is 0 Å². The van der Waals surface area contributed by atoms with Gasteiger partial charge in [0.25, 0.3) is 0 Å². The number of benzene rings is 6. The van der Waals surface area contributed by atoms with E-state index in [0.29, 0.717) is 0 Å². The number of hydrogen-bond donors (Lipinski definition) is 0. The number of rotatable bonds is 0. The normalized spacial score (nSPS) is 16.7. The lowest BCUT2D eigenvalue weighted by Crippen LogP contribution is -2.49. The van der Waals surface area contributed by atoms with Crippen LogP contribution in [0.1, 0.15) is 61.1 Å². The van der Waals surface area contributed by atoms with Gasteiger partial charge in [0, 0.05) is 21.6 Å². The Balaban J connectivity index is 1.32. The predicted octanol–water partition coefficient (Wildman–Crippen LogP) is 9.15. The Morgan fingerprint density at radius 3 is 1.24 bits per heavy atom. The van der Waals surface area contributed by atoms with Crippen molar-refractivity contribution in [3.05, 3.63) is 118 Å². The van der Waals surface area contributed by atoms with Crippen LogP contribution in [-0.2, 0) is 10.8 Å². The van der Waals surface area contributed by atoms with Gasteiger partial charge < -0.3 is 0 Å². The third-order valence-corrected chi connectivity index (χ3v) is 15.0. The van der Waals surface area contributed by atoms with E-state index in [1.165, 1.54) is 76.8 Å². The zero-order valence-electron chi connectivity index (χ0n) is 26.5. The Labute approximate surface area is 265 Å². The maximum Gasteiger partial charge on any atom is 0.113 e. The molecule has 2 aliphatic carbocycles. The minimum atomic E-state index is -2.08. The molecule has 0 N–H and O–H groups in total. The van der Waals surface area contributed by atoms with E-state index in [1.807, 2.05) is 12.1 Å². The molecule has 3 heteroatoms. The summed E-state index contributed by atoms with van der Waals surface area (Å²) in [6, 6.07) is 36.1. The maximum atomic E-state index is 10.1. The molecule has 0 saturated heterocycles. The first-order valence-corrected chi connectivity index (χ1v) is 18.8. The summed E-state index contributed by atoms with van der Waals surface area (Å²) in [6.45, 7) is 14.3. The van der Waals surface area contributed by atoms with Crippen molar-refractivity contribution in [3.8, 4) is 45.5 Å². The molecule has 0 saturated carbocycles. The van der Waals surface area contributed by atoms with Gasteiger partial charge in [-0.1, -0.05) is 101 Å². The van der Waals surface area contributed by atoms with Crippen LogP contribution in [0.15, 0.2) is 84.9 Å². The monoisotopic (exact) mass is 592 g/mol. The van der Waals surface area contributed by atoms with Crippen molar-refractivity contribution in [2.75, 3.05) is 0 Å². The molecule has 214 valence electrons. The molecule has 0 radical (unpaired) electrons. The molecule has 6 aromatic rings. The van der Waals surface area contributed by atoms with Gasteiger partial charge in [0.15, 0.2) is 0 Å². The van der Waals surface area contributed by atoms with Gasteiger partial charge in [-0.15, -0.1) is 0 Å². The number of hydrogen-bond acceptors (Lipinski definition) is 2. The topological polar surface area (TPSA) is 47.6 Å². The molecule has 45 heavy (non-hydrogen) atoms. The fourth-order valence-electron chi connectivity index (χ4n) is 9.06. The van der Waals surface area contributed by atoms with Crippen molar-refractivity contribution in [3.63, 3.8) is 0 Å². The Kier molecular flexibility index (Phi) is 4.81. The lowest BCUT2D eigenvalue weighted by atomic mass is 9.79. The first-order valence-electron chi connectivity index (χ1n) is 15.8. The summed E-state index contributed by atoms with van der Waals surface area (Å²) in [5, 5.41) is 27.6. The number of nitrogens with zero attached hydrogens (tertiary/aromatic N) is 2.